The second-order valence-electron chi connectivity index (χ2n) is 7.78. The Kier molecular flexibility index (Phi) is 6.56. The van der Waals surface area contributed by atoms with Crippen molar-refractivity contribution in [1.82, 2.24) is 5.32 Å². The first-order chi connectivity index (χ1) is 14.1. The molecule has 2 aromatic carbocycles. The number of hydrazone groups is 1. The number of benzene rings is 2. The fraction of sp³-hybridized carbons (Fsp3) is 0.391. The van der Waals surface area contributed by atoms with E-state index in [-0.39, 0.29) is 18.0 Å². The summed E-state index contributed by atoms with van der Waals surface area (Å²) >= 11 is 9.96. The van der Waals surface area contributed by atoms with Crippen LogP contribution in [0.15, 0.2) is 58.1 Å². The third-order valence-electron chi connectivity index (χ3n) is 5.72. The van der Waals surface area contributed by atoms with Crippen LogP contribution in [-0.4, -0.2) is 17.7 Å². The number of anilines is 1. The molecule has 2 aliphatic rings. The minimum absolute atomic E-state index is 0.0476. The average Bonchev–Trinajstić information content (AvgIpc) is 3.00. The number of hydrogen-bond acceptors (Lipinski definition) is 3. The lowest BCUT2D eigenvalue weighted by atomic mass is 10.0. The van der Waals surface area contributed by atoms with Crippen LogP contribution in [0.5, 0.6) is 0 Å². The molecule has 1 aliphatic carbocycles. The summed E-state index contributed by atoms with van der Waals surface area (Å²) in [7, 11) is 0. The third-order valence-corrected chi connectivity index (χ3v) is 6.57. The van der Waals surface area contributed by atoms with Crippen molar-refractivity contribution in [2.75, 3.05) is 5.01 Å². The Bertz CT molecular complexity index is 891. The number of amides is 1. The highest BCUT2D eigenvalue weighted by molar-refractivity contribution is 9.10. The van der Waals surface area contributed by atoms with E-state index in [1.54, 1.807) is 0 Å². The Morgan fingerprint density at radius 1 is 1.03 bits per heavy atom. The number of carbonyl (C=O) groups excluding carboxylic acids is 1. The van der Waals surface area contributed by atoms with E-state index in [1.807, 2.05) is 41.4 Å². The maximum atomic E-state index is 13.0. The Hall–Kier alpha value is -1.85. The maximum Gasteiger partial charge on any atom is 0.267 e. The van der Waals surface area contributed by atoms with Crippen LogP contribution < -0.4 is 10.3 Å². The molecule has 1 fully saturated rings. The van der Waals surface area contributed by atoms with E-state index in [2.05, 4.69) is 33.4 Å². The lowest BCUT2D eigenvalue weighted by Gasteiger charge is -2.24. The zero-order valence-electron chi connectivity index (χ0n) is 16.3. The normalized spacial score (nSPS) is 20.3. The largest absolute Gasteiger partial charge is 0.348 e. The first-order valence-electron chi connectivity index (χ1n) is 10.3. The lowest BCUT2D eigenvalue weighted by Crippen LogP contribution is -2.38. The van der Waals surface area contributed by atoms with Gasteiger partial charge in [0.15, 0.2) is 0 Å². The molecule has 1 atom stereocenters. The van der Waals surface area contributed by atoms with Gasteiger partial charge in [0.05, 0.1) is 16.8 Å². The average molecular weight is 475 g/mol. The molecule has 4 rings (SSSR count). The van der Waals surface area contributed by atoms with Gasteiger partial charge in [-0.05, 0) is 42.7 Å². The summed E-state index contributed by atoms with van der Waals surface area (Å²) in [5, 5.41) is 10.5. The van der Waals surface area contributed by atoms with Gasteiger partial charge in [-0.3, -0.25) is 9.80 Å². The van der Waals surface area contributed by atoms with Crippen LogP contribution in [0.25, 0.3) is 0 Å². The molecule has 1 amide bonds. The molecular formula is C23H25BrClN3O. The molecule has 2 aromatic rings. The van der Waals surface area contributed by atoms with E-state index in [1.165, 1.54) is 25.7 Å². The zero-order valence-corrected chi connectivity index (χ0v) is 18.6. The fourth-order valence-corrected chi connectivity index (χ4v) is 4.63. The van der Waals surface area contributed by atoms with E-state index in [4.69, 9.17) is 16.7 Å². The number of nitrogens with one attached hydrogen (secondary N) is 1. The van der Waals surface area contributed by atoms with Crippen LogP contribution in [-0.2, 0) is 4.79 Å². The van der Waals surface area contributed by atoms with Crippen molar-refractivity contribution in [1.29, 1.82) is 0 Å². The van der Waals surface area contributed by atoms with Gasteiger partial charge in [0, 0.05) is 16.9 Å². The molecule has 6 heteroatoms. The van der Waals surface area contributed by atoms with Crippen molar-refractivity contribution in [2.45, 2.75) is 57.0 Å². The number of nitrogens with zero attached hydrogens (tertiary/aromatic N) is 2. The molecule has 0 saturated heterocycles. The van der Waals surface area contributed by atoms with E-state index < -0.39 is 0 Å². The second-order valence-corrected chi connectivity index (χ2v) is 9.10. The maximum absolute atomic E-state index is 13.0. The summed E-state index contributed by atoms with van der Waals surface area (Å²) in [6.07, 6.45) is 7.58. The van der Waals surface area contributed by atoms with Crippen molar-refractivity contribution in [3.8, 4) is 0 Å². The number of para-hydroxylation sites is 1. The van der Waals surface area contributed by atoms with Crippen molar-refractivity contribution < 1.29 is 4.79 Å². The molecule has 0 bridgehead atoms. The lowest BCUT2D eigenvalue weighted by molar-refractivity contribution is -0.115. The van der Waals surface area contributed by atoms with Gasteiger partial charge in [-0.15, -0.1) is 0 Å². The molecule has 1 saturated carbocycles. The van der Waals surface area contributed by atoms with Crippen LogP contribution >= 0.6 is 27.5 Å². The molecule has 0 spiro atoms. The number of hydrogen-bond donors (Lipinski definition) is 1. The monoisotopic (exact) mass is 473 g/mol. The van der Waals surface area contributed by atoms with Gasteiger partial charge in [-0.1, -0.05) is 77.5 Å². The van der Waals surface area contributed by atoms with Gasteiger partial charge in [-0.2, -0.15) is 5.10 Å². The number of rotatable bonds is 4. The Balaban J connectivity index is 1.59. The quantitative estimate of drug-likeness (QED) is 0.532. The van der Waals surface area contributed by atoms with Crippen LogP contribution in [0.3, 0.4) is 0 Å². The van der Waals surface area contributed by atoms with E-state index in [9.17, 15) is 4.79 Å². The Morgan fingerprint density at radius 3 is 2.41 bits per heavy atom. The molecule has 1 N–H and O–H groups in total. The second kappa shape index (κ2) is 9.31. The molecule has 4 nitrogen and oxygen atoms in total. The smallest absolute Gasteiger partial charge is 0.267 e. The predicted octanol–water partition coefficient (Wildman–Crippen LogP) is 6.25. The summed E-state index contributed by atoms with van der Waals surface area (Å²) < 4.78 is 1.02. The van der Waals surface area contributed by atoms with Crippen molar-refractivity contribution in [2.24, 2.45) is 5.10 Å². The topological polar surface area (TPSA) is 44.7 Å². The van der Waals surface area contributed by atoms with Gasteiger partial charge in [-0.25, -0.2) is 0 Å². The zero-order chi connectivity index (χ0) is 20.2. The molecular weight excluding hydrogens is 450 g/mol. The van der Waals surface area contributed by atoms with Crippen molar-refractivity contribution in [3.05, 3.63) is 63.6 Å². The Labute approximate surface area is 185 Å². The summed E-state index contributed by atoms with van der Waals surface area (Å²) in [5.74, 6) is -0.0476. The van der Waals surface area contributed by atoms with Crippen LogP contribution in [0.2, 0.25) is 5.02 Å². The highest BCUT2D eigenvalue weighted by Crippen LogP contribution is 2.38. The summed E-state index contributed by atoms with van der Waals surface area (Å²) in [5.41, 5.74) is 2.50. The van der Waals surface area contributed by atoms with Crippen LogP contribution in [0, 0.1) is 0 Å². The highest BCUT2D eigenvalue weighted by Gasteiger charge is 2.34. The predicted molar refractivity (Wildman–Crippen MR) is 122 cm³/mol. The minimum atomic E-state index is -0.0575. The van der Waals surface area contributed by atoms with Gasteiger partial charge in [0.2, 0.25) is 0 Å². The first-order valence-corrected chi connectivity index (χ1v) is 11.5. The van der Waals surface area contributed by atoms with Crippen molar-refractivity contribution >= 4 is 44.8 Å². The minimum Gasteiger partial charge on any atom is -0.348 e. The molecule has 1 aliphatic heterocycles. The number of carbonyl (C=O) groups is 1. The molecule has 0 radical (unpaired) electrons. The SMILES string of the molecule is O=C(NC1CCCCCC1)C1=NN(c2ccccc2Cl)C(c2ccc(Br)cc2)C1. The van der Waals surface area contributed by atoms with Gasteiger partial charge in [0.1, 0.15) is 5.71 Å². The van der Waals surface area contributed by atoms with Crippen LogP contribution in [0.4, 0.5) is 5.69 Å². The van der Waals surface area contributed by atoms with Gasteiger partial charge >= 0.3 is 0 Å². The van der Waals surface area contributed by atoms with E-state index in [0.29, 0.717) is 17.2 Å². The van der Waals surface area contributed by atoms with Gasteiger partial charge in [0.25, 0.3) is 5.91 Å². The molecule has 1 heterocycles. The summed E-state index contributed by atoms with van der Waals surface area (Å²) in [6, 6.07) is 16.0. The molecule has 0 aromatic heterocycles. The summed E-state index contributed by atoms with van der Waals surface area (Å²) in [4.78, 5) is 13.0. The molecule has 152 valence electrons. The van der Waals surface area contributed by atoms with E-state index >= 15 is 0 Å². The first kappa shape index (κ1) is 20.4. The van der Waals surface area contributed by atoms with E-state index in [0.717, 1.165) is 28.6 Å². The summed E-state index contributed by atoms with van der Waals surface area (Å²) in [6.45, 7) is 0. The van der Waals surface area contributed by atoms with Crippen molar-refractivity contribution in [3.63, 3.8) is 0 Å². The van der Waals surface area contributed by atoms with Crippen LogP contribution in [0.1, 0.15) is 56.6 Å². The fourth-order valence-electron chi connectivity index (χ4n) is 4.14. The molecule has 1 unspecified atom stereocenters. The Morgan fingerprint density at radius 2 is 1.72 bits per heavy atom. The third kappa shape index (κ3) is 4.84. The molecule has 29 heavy (non-hydrogen) atoms. The van der Waals surface area contributed by atoms with Gasteiger partial charge < -0.3 is 5.32 Å². The standard InChI is InChI=1S/C23H25BrClN3O/c24-17-13-11-16(12-14-17)22-15-20(23(29)26-18-7-3-1-2-4-8-18)27-28(22)21-10-6-5-9-19(21)25/h5-6,9-14,18,22H,1-4,7-8,15H2,(H,26,29). The number of halogens is 2. The highest BCUT2D eigenvalue weighted by atomic mass is 79.9.